The average Bonchev–Trinajstić information content (AvgIpc) is 3.41. The van der Waals surface area contributed by atoms with Crippen LogP contribution in [0.2, 0.25) is 0 Å². The summed E-state index contributed by atoms with van der Waals surface area (Å²) in [6, 6.07) is 16.3. The lowest BCUT2D eigenvalue weighted by Crippen LogP contribution is -2.51. The molecular weight excluding hydrogens is 400 g/mol. The molecule has 0 saturated carbocycles. The van der Waals surface area contributed by atoms with Crippen LogP contribution in [-0.2, 0) is 19.4 Å². The van der Waals surface area contributed by atoms with Gasteiger partial charge in [-0.05, 0) is 42.2 Å². The van der Waals surface area contributed by atoms with Gasteiger partial charge >= 0.3 is 0 Å². The minimum atomic E-state index is -0.392. The number of carbonyl (C=O) groups is 1. The third kappa shape index (κ3) is 3.17. The van der Waals surface area contributed by atoms with E-state index in [2.05, 4.69) is 50.0 Å². The minimum Gasteiger partial charge on any atom is -0.366 e. The Balaban J connectivity index is 1.28. The number of primary amides is 1. The molecule has 1 fully saturated rings. The van der Waals surface area contributed by atoms with Crippen LogP contribution in [0.3, 0.4) is 0 Å². The molecule has 32 heavy (non-hydrogen) atoms. The summed E-state index contributed by atoms with van der Waals surface area (Å²) in [5.41, 5.74) is 13.2. The first kappa shape index (κ1) is 19.1. The van der Waals surface area contributed by atoms with Crippen molar-refractivity contribution in [1.82, 2.24) is 19.8 Å². The molecule has 0 unspecified atom stereocenters. The fourth-order valence-electron chi connectivity index (χ4n) is 5.08. The molecule has 2 aromatic carbocycles. The number of benzene rings is 2. The molecule has 4 aromatic rings. The molecule has 2 aliphatic rings. The van der Waals surface area contributed by atoms with E-state index in [4.69, 9.17) is 10.8 Å². The van der Waals surface area contributed by atoms with Crippen LogP contribution < -0.4 is 10.7 Å². The number of nitrogens with one attached hydrogen (secondary N) is 1. The number of fused-ring (bicyclic) bond motifs is 5. The summed E-state index contributed by atoms with van der Waals surface area (Å²) in [5.74, 6) is -0.392. The summed E-state index contributed by atoms with van der Waals surface area (Å²) in [7, 11) is 0. The number of nitrogens with two attached hydrogens (primary N) is 1. The summed E-state index contributed by atoms with van der Waals surface area (Å²) < 4.78 is 0. The van der Waals surface area contributed by atoms with Crippen molar-refractivity contribution in [2.24, 2.45) is 5.73 Å². The van der Waals surface area contributed by atoms with Crippen LogP contribution in [0.5, 0.6) is 0 Å². The summed E-state index contributed by atoms with van der Waals surface area (Å²) in [6.07, 6.45) is 3.89. The van der Waals surface area contributed by atoms with Crippen LogP contribution >= 0.6 is 0 Å². The third-order valence-electron chi connectivity index (χ3n) is 6.76. The Bertz CT molecular complexity index is 1300. The third-order valence-corrected chi connectivity index (χ3v) is 6.76. The van der Waals surface area contributed by atoms with Gasteiger partial charge in [0.25, 0.3) is 0 Å². The summed E-state index contributed by atoms with van der Waals surface area (Å²) in [6.45, 7) is 4.86. The van der Waals surface area contributed by atoms with Crippen molar-refractivity contribution in [2.75, 3.05) is 31.2 Å². The first-order chi connectivity index (χ1) is 15.7. The number of aromatic amines is 1. The zero-order chi connectivity index (χ0) is 21.7. The van der Waals surface area contributed by atoms with Gasteiger partial charge in [0, 0.05) is 54.8 Å². The van der Waals surface area contributed by atoms with E-state index in [-0.39, 0.29) is 0 Å². The first-order valence-corrected chi connectivity index (χ1v) is 11.2. The van der Waals surface area contributed by atoms with Crippen molar-refractivity contribution in [3.63, 3.8) is 0 Å². The van der Waals surface area contributed by atoms with Crippen LogP contribution in [-0.4, -0.2) is 51.9 Å². The lowest BCUT2D eigenvalue weighted by atomic mass is 9.93. The van der Waals surface area contributed by atoms with Crippen molar-refractivity contribution in [3.8, 4) is 11.4 Å². The standard InChI is InChI=1S/C25H26N6O/c26-25(32)18-7-9-22-21(14-18)20-8-6-19-15-27-31(24(19)23(20)28-22)30-12-10-29(11-13-30)16-17-4-2-1-3-5-17/h1-5,7,9,14-15,28H,6,8,10-13,16H2,(H2,26,32). The van der Waals surface area contributed by atoms with Crippen LogP contribution in [0.25, 0.3) is 22.3 Å². The SMILES string of the molecule is NC(=O)c1ccc2[nH]c3c(c2c1)CCc1cnn(N2CCN(Cc4ccccc4)CC2)c1-3. The van der Waals surface area contributed by atoms with Gasteiger partial charge in [-0.15, -0.1) is 0 Å². The molecule has 0 atom stereocenters. The molecule has 2 aromatic heterocycles. The molecule has 1 aliphatic carbocycles. The van der Waals surface area contributed by atoms with E-state index in [1.165, 1.54) is 16.7 Å². The summed E-state index contributed by atoms with van der Waals surface area (Å²) in [4.78, 5) is 19.9. The van der Waals surface area contributed by atoms with Crippen molar-refractivity contribution < 1.29 is 4.79 Å². The molecule has 3 N–H and O–H groups in total. The molecule has 0 spiro atoms. The van der Waals surface area contributed by atoms with Gasteiger partial charge in [0.1, 0.15) is 5.69 Å². The fraction of sp³-hybridized carbons (Fsp3) is 0.280. The Labute approximate surface area is 186 Å². The molecule has 6 rings (SSSR count). The zero-order valence-electron chi connectivity index (χ0n) is 17.9. The van der Waals surface area contributed by atoms with Crippen molar-refractivity contribution >= 4 is 16.8 Å². The summed E-state index contributed by atoms with van der Waals surface area (Å²) in [5, 5.41) is 8.20. The number of piperazine rings is 1. The Morgan fingerprint density at radius 2 is 1.84 bits per heavy atom. The van der Waals surface area contributed by atoms with Crippen LogP contribution in [0.1, 0.15) is 27.0 Å². The number of hydrogen-bond donors (Lipinski definition) is 2. The average molecular weight is 427 g/mol. The van der Waals surface area contributed by atoms with Crippen molar-refractivity contribution in [1.29, 1.82) is 0 Å². The number of aromatic nitrogens is 3. The predicted molar refractivity (Wildman–Crippen MR) is 125 cm³/mol. The highest BCUT2D eigenvalue weighted by atomic mass is 16.1. The molecule has 1 aliphatic heterocycles. The van der Waals surface area contributed by atoms with Gasteiger partial charge in [-0.2, -0.15) is 9.89 Å². The molecule has 7 heteroatoms. The Morgan fingerprint density at radius 3 is 2.62 bits per heavy atom. The van der Waals surface area contributed by atoms with Crippen LogP contribution in [0.15, 0.2) is 54.7 Å². The second kappa shape index (κ2) is 7.53. The number of rotatable bonds is 4. The Kier molecular flexibility index (Phi) is 4.50. The predicted octanol–water partition coefficient (Wildman–Crippen LogP) is 2.68. The lowest BCUT2D eigenvalue weighted by Gasteiger charge is -2.36. The summed E-state index contributed by atoms with van der Waals surface area (Å²) >= 11 is 0. The van der Waals surface area contributed by atoms with E-state index in [1.54, 1.807) is 6.07 Å². The molecule has 1 saturated heterocycles. The van der Waals surface area contributed by atoms with Gasteiger partial charge in [-0.1, -0.05) is 30.3 Å². The molecule has 0 radical (unpaired) electrons. The molecule has 0 bridgehead atoms. The first-order valence-electron chi connectivity index (χ1n) is 11.2. The van der Waals surface area contributed by atoms with Gasteiger partial charge in [0.2, 0.25) is 5.91 Å². The quantitative estimate of drug-likeness (QED) is 0.526. The van der Waals surface area contributed by atoms with Gasteiger partial charge in [-0.25, -0.2) is 0 Å². The monoisotopic (exact) mass is 426 g/mol. The van der Waals surface area contributed by atoms with E-state index < -0.39 is 5.91 Å². The maximum absolute atomic E-state index is 11.7. The largest absolute Gasteiger partial charge is 0.366 e. The number of nitrogens with zero attached hydrogens (tertiary/aromatic N) is 4. The highest BCUT2D eigenvalue weighted by Crippen LogP contribution is 2.38. The molecule has 7 nitrogen and oxygen atoms in total. The minimum absolute atomic E-state index is 0.392. The van der Waals surface area contributed by atoms with Gasteiger partial charge < -0.3 is 10.7 Å². The van der Waals surface area contributed by atoms with E-state index in [0.717, 1.165) is 67.9 Å². The molecule has 3 heterocycles. The van der Waals surface area contributed by atoms with E-state index in [0.29, 0.717) is 5.56 Å². The second-order valence-corrected chi connectivity index (χ2v) is 8.73. The highest BCUT2D eigenvalue weighted by molar-refractivity contribution is 6.00. The Morgan fingerprint density at radius 1 is 1.03 bits per heavy atom. The van der Waals surface area contributed by atoms with Crippen molar-refractivity contribution in [3.05, 3.63) is 77.0 Å². The van der Waals surface area contributed by atoms with Gasteiger partial charge in [0.05, 0.1) is 11.9 Å². The number of carbonyl (C=O) groups excluding carboxylic acids is 1. The number of hydrogen-bond acceptors (Lipinski definition) is 4. The smallest absolute Gasteiger partial charge is 0.248 e. The van der Waals surface area contributed by atoms with E-state index >= 15 is 0 Å². The molecule has 1 amide bonds. The van der Waals surface area contributed by atoms with Gasteiger partial charge in [0.15, 0.2) is 0 Å². The molecule has 162 valence electrons. The van der Waals surface area contributed by atoms with E-state index in [9.17, 15) is 4.79 Å². The number of H-pyrrole nitrogens is 1. The molecular formula is C25H26N6O. The van der Waals surface area contributed by atoms with Crippen molar-refractivity contribution in [2.45, 2.75) is 19.4 Å². The normalized spacial score (nSPS) is 16.2. The van der Waals surface area contributed by atoms with Crippen LogP contribution in [0.4, 0.5) is 0 Å². The maximum atomic E-state index is 11.7. The zero-order valence-corrected chi connectivity index (χ0v) is 17.9. The van der Waals surface area contributed by atoms with Crippen LogP contribution in [0, 0.1) is 0 Å². The lowest BCUT2D eigenvalue weighted by molar-refractivity contribution is 0.100. The fourth-order valence-corrected chi connectivity index (χ4v) is 5.08. The Hall–Kier alpha value is -3.58. The number of aryl methyl sites for hydroxylation is 2. The number of amides is 1. The topological polar surface area (TPSA) is 83.2 Å². The second-order valence-electron chi connectivity index (χ2n) is 8.73. The highest BCUT2D eigenvalue weighted by Gasteiger charge is 2.28. The van der Waals surface area contributed by atoms with E-state index in [1.807, 2.05) is 18.3 Å². The van der Waals surface area contributed by atoms with Gasteiger partial charge in [-0.3, -0.25) is 14.7 Å². The maximum Gasteiger partial charge on any atom is 0.248 e.